The van der Waals surface area contributed by atoms with Crippen LogP contribution >= 0.6 is 15.9 Å². The summed E-state index contributed by atoms with van der Waals surface area (Å²) in [5.41, 5.74) is 0. The zero-order chi connectivity index (χ0) is 12.2. The molecule has 0 aromatic heterocycles. The smallest absolute Gasteiger partial charge is 0.224 e. The number of carbonyl (C=O) groups is 1. The first-order chi connectivity index (χ1) is 7.51. The molecule has 0 aliphatic carbocycles. The average molecular weight is 313 g/mol. The Balaban J connectivity index is 2.63. The minimum atomic E-state index is -3.19. The van der Waals surface area contributed by atoms with Crippen LogP contribution in [0.4, 0.5) is 0 Å². The van der Waals surface area contributed by atoms with Crippen molar-refractivity contribution in [2.45, 2.75) is 19.8 Å². The number of alkyl halides is 1. The molecule has 1 aliphatic rings. The molecule has 16 heavy (non-hydrogen) atoms. The summed E-state index contributed by atoms with van der Waals surface area (Å²) in [6.07, 6.45) is 1.18. The maximum absolute atomic E-state index is 11.6. The molecule has 0 spiro atoms. The van der Waals surface area contributed by atoms with Crippen LogP contribution in [0.1, 0.15) is 19.8 Å². The number of hydrogen-bond acceptors (Lipinski definition) is 3. The molecular formula is C9H17BrN2O3S. The normalized spacial score (nSPS) is 19.5. The van der Waals surface area contributed by atoms with E-state index in [0.717, 1.165) is 0 Å². The van der Waals surface area contributed by atoms with Gasteiger partial charge in [-0.1, -0.05) is 22.9 Å². The van der Waals surface area contributed by atoms with Gasteiger partial charge in [0.1, 0.15) is 4.66 Å². The molecule has 0 saturated carbocycles. The Labute approximate surface area is 105 Å². The van der Waals surface area contributed by atoms with Gasteiger partial charge in [0.25, 0.3) is 0 Å². The topological polar surface area (TPSA) is 57.7 Å². The Morgan fingerprint density at radius 2 is 1.94 bits per heavy atom. The molecule has 7 heteroatoms. The highest BCUT2D eigenvalue weighted by Gasteiger charge is 2.25. The van der Waals surface area contributed by atoms with Crippen LogP contribution in [0.15, 0.2) is 0 Å². The van der Waals surface area contributed by atoms with Gasteiger partial charge in [0, 0.05) is 32.6 Å². The van der Waals surface area contributed by atoms with Gasteiger partial charge < -0.3 is 4.90 Å². The molecule has 1 fully saturated rings. The van der Waals surface area contributed by atoms with Crippen LogP contribution < -0.4 is 0 Å². The largest absolute Gasteiger partial charge is 0.341 e. The van der Waals surface area contributed by atoms with Crippen molar-refractivity contribution in [3.63, 3.8) is 0 Å². The molecule has 0 N–H and O–H groups in total. The number of hydrogen-bond donors (Lipinski definition) is 0. The predicted octanol–water partition coefficient (Wildman–Crippen LogP) is 0.613. The van der Waals surface area contributed by atoms with Crippen LogP contribution in [0.25, 0.3) is 0 Å². The Morgan fingerprint density at radius 1 is 1.25 bits per heavy atom. The van der Waals surface area contributed by atoms with E-state index >= 15 is 0 Å². The summed E-state index contributed by atoms with van der Waals surface area (Å²) < 4.78 is 24.7. The highest BCUT2D eigenvalue weighted by atomic mass is 79.9. The fourth-order valence-corrected chi connectivity index (χ4v) is 3.49. The molecule has 0 radical (unpaired) electrons. The number of rotatable bonds is 3. The first-order valence-corrected chi connectivity index (χ1v) is 8.06. The van der Waals surface area contributed by atoms with Crippen LogP contribution in [0, 0.1) is 0 Å². The minimum Gasteiger partial charge on any atom is -0.341 e. The van der Waals surface area contributed by atoms with Crippen molar-refractivity contribution in [2.24, 2.45) is 0 Å². The van der Waals surface area contributed by atoms with Crippen molar-refractivity contribution in [3.05, 3.63) is 0 Å². The molecule has 5 nitrogen and oxygen atoms in total. The summed E-state index contributed by atoms with van der Waals surface area (Å²) in [6.45, 7) is 3.88. The molecule has 0 unspecified atom stereocenters. The summed E-state index contributed by atoms with van der Waals surface area (Å²) in [5.74, 6) is 0.0955. The minimum absolute atomic E-state index is 0.0538. The number of amides is 1. The van der Waals surface area contributed by atoms with Crippen molar-refractivity contribution < 1.29 is 13.2 Å². The fraction of sp³-hybridized carbons (Fsp3) is 0.889. The van der Waals surface area contributed by atoms with Gasteiger partial charge in [-0.3, -0.25) is 4.79 Å². The van der Waals surface area contributed by atoms with E-state index in [1.54, 1.807) is 4.90 Å². The monoisotopic (exact) mass is 312 g/mol. The van der Waals surface area contributed by atoms with Crippen LogP contribution in [0.2, 0.25) is 0 Å². The van der Waals surface area contributed by atoms with E-state index in [4.69, 9.17) is 0 Å². The Hall–Kier alpha value is -0.140. The molecule has 1 amide bonds. The van der Waals surface area contributed by atoms with Crippen molar-refractivity contribution in [1.82, 2.24) is 9.21 Å². The average Bonchev–Trinajstić information content (AvgIpc) is 2.53. The maximum Gasteiger partial charge on any atom is 0.224 e. The van der Waals surface area contributed by atoms with E-state index in [1.165, 1.54) is 4.31 Å². The fourth-order valence-electron chi connectivity index (χ4n) is 1.71. The molecule has 0 aromatic carbocycles. The van der Waals surface area contributed by atoms with Gasteiger partial charge in [-0.25, -0.2) is 8.42 Å². The third-order valence-corrected chi connectivity index (χ3v) is 5.80. The van der Waals surface area contributed by atoms with Gasteiger partial charge in [0.05, 0.1) is 0 Å². The SMILES string of the molecule is CCC(=O)N1CCCN(S(=O)(=O)CBr)CC1. The van der Waals surface area contributed by atoms with E-state index < -0.39 is 10.0 Å². The van der Waals surface area contributed by atoms with Crippen molar-refractivity contribution in [1.29, 1.82) is 0 Å². The lowest BCUT2D eigenvalue weighted by Crippen LogP contribution is -2.37. The highest BCUT2D eigenvalue weighted by molar-refractivity contribution is 9.10. The van der Waals surface area contributed by atoms with Crippen molar-refractivity contribution >= 4 is 31.9 Å². The third-order valence-electron chi connectivity index (χ3n) is 2.64. The van der Waals surface area contributed by atoms with Gasteiger partial charge in [-0.2, -0.15) is 4.31 Å². The molecule has 1 saturated heterocycles. The number of sulfonamides is 1. The molecule has 1 aliphatic heterocycles. The summed E-state index contributed by atoms with van der Waals surface area (Å²) >= 11 is 2.98. The van der Waals surface area contributed by atoms with Gasteiger partial charge in [-0.15, -0.1) is 0 Å². The van der Waals surface area contributed by atoms with Crippen LogP contribution in [0.3, 0.4) is 0 Å². The zero-order valence-electron chi connectivity index (χ0n) is 9.36. The summed E-state index contributed by atoms with van der Waals surface area (Å²) in [4.78, 5) is 13.2. The highest BCUT2D eigenvalue weighted by Crippen LogP contribution is 2.11. The van der Waals surface area contributed by atoms with Gasteiger partial charge in [0.2, 0.25) is 15.9 Å². The van der Waals surface area contributed by atoms with Gasteiger partial charge in [0.15, 0.2) is 0 Å². The van der Waals surface area contributed by atoms with E-state index in [-0.39, 0.29) is 10.6 Å². The summed E-state index contributed by atoms with van der Waals surface area (Å²) in [6, 6.07) is 0. The molecule has 1 rings (SSSR count). The summed E-state index contributed by atoms with van der Waals surface area (Å²) in [7, 11) is -3.19. The Bertz CT molecular complexity index is 345. The van der Waals surface area contributed by atoms with E-state index in [1.807, 2.05) is 6.92 Å². The van der Waals surface area contributed by atoms with Crippen molar-refractivity contribution in [3.8, 4) is 0 Å². The third kappa shape index (κ3) is 3.43. The first-order valence-electron chi connectivity index (χ1n) is 5.33. The lowest BCUT2D eigenvalue weighted by molar-refractivity contribution is -0.130. The molecule has 1 heterocycles. The van der Waals surface area contributed by atoms with Crippen LogP contribution in [-0.2, 0) is 14.8 Å². The number of nitrogens with zero attached hydrogens (tertiary/aromatic N) is 2. The number of carbonyl (C=O) groups excluding carboxylic acids is 1. The van der Waals surface area contributed by atoms with Crippen molar-refractivity contribution in [2.75, 3.05) is 30.8 Å². The molecular weight excluding hydrogens is 296 g/mol. The first kappa shape index (κ1) is 13.9. The molecule has 0 bridgehead atoms. The standard InChI is InChI=1S/C9H17BrN2O3S/c1-2-9(13)11-4-3-5-12(7-6-11)16(14,15)8-10/h2-8H2,1H3. The van der Waals surface area contributed by atoms with Crippen LogP contribution in [0.5, 0.6) is 0 Å². The van der Waals surface area contributed by atoms with Crippen LogP contribution in [-0.4, -0.2) is 54.4 Å². The van der Waals surface area contributed by atoms with E-state index in [0.29, 0.717) is 39.0 Å². The maximum atomic E-state index is 11.6. The van der Waals surface area contributed by atoms with Gasteiger partial charge >= 0.3 is 0 Å². The van der Waals surface area contributed by atoms with Gasteiger partial charge in [-0.05, 0) is 6.42 Å². The second-order valence-electron chi connectivity index (χ2n) is 3.71. The summed E-state index contributed by atoms with van der Waals surface area (Å²) in [5, 5.41) is 0. The lowest BCUT2D eigenvalue weighted by atomic mass is 10.3. The molecule has 0 atom stereocenters. The van der Waals surface area contributed by atoms with E-state index in [9.17, 15) is 13.2 Å². The molecule has 0 aromatic rings. The number of halogens is 1. The zero-order valence-corrected chi connectivity index (χ0v) is 11.8. The van der Waals surface area contributed by atoms with E-state index in [2.05, 4.69) is 15.9 Å². The quantitative estimate of drug-likeness (QED) is 0.718. The second kappa shape index (κ2) is 5.97. The predicted molar refractivity (Wildman–Crippen MR) is 65.8 cm³/mol. The molecule has 94 valence electrons. The second-order valence-corrected chi connectivity index (χ2v) is 6.98. The lowest BCUT2D eigenvalue weighted by Gasteiger charge is -2.20. The Morgan fingerprint density at radius 3 is 2.50 bits per heavy atom. The Kier molecular flexibility index (Phi) is 5.20.